The molecule has 1 aromatic rings. The summed E-state index contributed by atoms with van der Waals surface area (Å²) < 4.78 is 3.30. The number of amides is 1. The minimum Gasteiger partial charge on any atom is -0.459 e. The molecule has 1 atom stereocenters. The van der Waals surface area contributed by atoms with Gasteiger partial charge in [-0.1, -0.05) is 34.8 Å². The van der Waals surface area contributed by atoms with Crippen molar-refractivity contribution in [2.75, 3.05) is 0 Å². The van der Waals surface area contributed by atoms with Crippen LogP contribution < -0.4 is 10.6 Å². The minimum absolute atomic E-state index is 0.0486. The number of hydrogen-bond acceptors (Lipinski definition) is 3. The Morgan fingerprint density at radius 1 is 1.41 bits per heavy atom. The number of alkyl halides is 3. The van der Waals surface area contributed by atoms with E-state index in [1.807, 2.05) is 13.8 Å². The molecular weight excluding hydrogens is 286 g/mol. The first-order valence-corrected chi connectivity index (χ1v) is 6.11. The van der Waals surface area contributed by atoms with Gasteiger partial charge in [-0.3, -0.25) is 10.1 Å². The molecule has 1 unspecified atom stereocenters. The Balaban J connectivity index is 2.70. The smallest absolute Gasteiger partial charge is 0.288 e. The average Bonchev–Trinajstić information content (AvgIpc) is 2.66. The van der Waals surface area contributed by atoms with Crippen LogP contribution in [0, 0.1) is 0 Å². The van der Waals surface area contributed by atoms with Gasteiger partial charge in [0.2, 0.25) is 3.79 Å². The third kappa shape index (κ3) is 4.76. The fraction of sp³-hybridized carbons (Fsp3) is 0.500. The molecule has 1 amide bonds. The highest BCUT2D eigenvalue weighted by atomic mass is 35.6. The third-order valence-electron chi connectivity index (χ3n) is 1.85. The standard InChI is InChI=1S/C10H13Cl3N2O2/c1-6(2)14-9(10(11,12)13)15-8(16)7-4-3-5-17-7/h3-6,9,14H,1-2H3,(H,15,16). The van der Waals surface area contributed by atoms with Crippen molar-refractivity contribution in [2.45, 2.75) is 29.8 Å². The van der Waals surface area contributed by atoms with Crippen LogP contribution in [0.1, 0.15) is 24.4 Å². The summed E-state index contributed by atoms with van der Waals surface area (Å²) in [4.78, 5) is 11.7. The molecule has 0 radical (unpaired) electrons. The lowest BCUT2D eigenvalue weighted by Gasteiger charge is -2.28. The molecule has 0 aliphatic rings. The Hall–Kier alpha value is -0.420. The van der Waals surface area contributed by atoms with Gasteiger partial charge < -0.3 is 9.73 Å². The summed E-state index contributed by atoms with van der Waals surface area (Å²) in [5.74, 6) is -0.283. The van der Waals surface area contributed by atoms with Gasteiger partial charge in [0.05, 0.1) is 6.26 Å². The lowest BCUT2D eigenvalue weighted by Crippen LogP contribution is -2.55. The van der Waals surface area contributed by atoms with Crippen LogP contribution in [0.2, 0.25) is 0 Å². The maximum absolute atomic E-state index is 11.7. The van der Waals surface area contributed by atoms with E-state index in [4.69, 9.17) is 39.2 Å². The fourth-order valence-electron chi connectivity index (χ4n) is 1.16. The number of carbonyl (C=O) groups is 1. The van der Waals surface area contributed by atoms with Crippen LogP contribution in [0.5, 0.6) is 0 Å². The number of nitrogens with one attached hydrogen (secondary N) is 2. The SMILES string of the molecule is CC(C)NC(NC(=O)c1ccco1)C(Cl)(Cl)Cl. The normalized spacial score (nSPS) is 13.8. The van der Waals surface area contributed by atoms with E-state index in [-0.39, 0.29) is 11.8 Å². The summed E-state index contributed by atoms with van der Waals surface area (Å²) in [6.45, 7) is 3.75. The van der Waals surface area contributed by atoms with Crippen molar-refractivity contribution in [2.24, 2.45) is 0 Å². The van der Waals surface area contributed by atoms with Gasteiger partial charge in [-0.15, -0.1) is 0 Å². The van der Waals surface area contributed by atoms with Crippen molar-refractivity contribution in [3.63, 3.8) is 0 Å². The van der Waals surface area contributed by atoms with Crippen LogP contribution in [0.3, 0.4) is 0 Å². The van der Waals surface area contributed by atoms with Crippen molar-refractivity contribution in [3.8, 4) is 0 Å². The Morgan fingerprint density at radius 2 is 2.06 bits per heavy atom. The molecule has 7 heteroatoms. The zero-order valence-electron chi connectivity index (χ0n) is 9.34. The highest BCUT2D eigenvalue weighted by Gasteiger charge is 2.34. The van der Waals surface area contributed by atoms with Crippen LogP contribution in [0.4, 0.5) is 0 Å². The first kappa shape index (κ1) is 14.6. The largest absolute Gasteiger partial charge is 0.459 e. The molecular formula is C10H13Cl3N2O2. The molecule has 0 bridgehead atoms. The molecule has 0 spiro atoms. The van der Waals surface area contributed by atoms with Gasteiger partial charge in [-0.2, -0.15) is 0 Å². The van der Waals surface area contributed by atoms with Gasteiger partial charge in [-0.05, 0) is 26.0 Å². The molecule has 0 aliphatic carbocycles. The van der Waals surface area contributed by atoms with Crippen LogP contribution >= 0.6 is 34.8 Å². The van der Waals surface area contributed by atoms with E-state index in [1.165, 1.54) is 12.3 Å². The van der Waals surface area contributed by atoms with Crippen molar-refractivity contribution >= 4 is 40.7 Å². The van der Waals surface area contributed by atoms with Crippen molar-refractivity contribution in [1.82, 2.24) is 10.6 Å². The van der Waals surface area contributed by atoms with Gasteiger partial charge >= 0.3 is 0 Å². The Labute approximate surface area is 115 Å². The summed E-state index contributed by atoms with van der Waals surface area (Å²) in [5.41, 5.74) is 0. The Kier molecular flexibility index (Phi) is 5.13. The van der Waals surface area contributed by atoms with Gasteiger partial charge in [0.25, 0.3) is 5.91 Å². The molecule has 4 nitrogen and oxygen atoms in total. The summed E-state index contributed by atoms with van der Waals surface area (Å²) in [5, 5.41) is 5.49. The van der Waals surface area contributed by atoms with Crippen LogP contribution in [-0.2, 0) is 0 Å². The van der Waals surface area contributed by atoms with E-state index in [2.05, 4.69) is 10.6 Å². The zero-order chi connectivity index (χ0) is 13.1. The molecule has 1 rings (SSSR count). The van der Waals surface area contributed by atoms with Crippen molar-refractivity contribution in [1.29, 1.82) is 0 Å². The molecule has 96 valence electrons. The third-order valence-corrected chi connectivity index (χ3v) is 2.50. The molecule has 2 N–H and O–H groups in total. The first-order chi connectivity index (χ1) is 7.80. The van der Waals surface area contributed by atoms with Crippen LogP contribution in [-0.4, -0.2) is 21.9 Å². The number of furan rings is 1. The summed E-state index contributed by atoms with van der Waals surface area (Å²) in [6.07, 6.45) is 0.597. The monoisotopic (exact) mass is 298 g/mol. The van der Waals surface area contributed by atoms with E-state index in [0.29, 0.717) is 0 Å². The lowest BCUT2D eigenvalue weighted by atomic mass is 10.3. The quantitative estimate of drug-likeness (QED) is 0.664. The predicted molar refractivity (Wildman–Crippen MR) is 68.5 cm³/mol. The van der Waals surface area contributed by atoms with Crippen LogP contribution in [0.25, 0.3) is 0 Å². The average molecular weight is 300 g/mol. The molecule has 0 aliphatic heterocycles. The van der Waals surface area contributed by atoms with Gasteiger partial charge in [0.1, 0.15) is 6.17 Å². The molecule has 0 saturated carbocycles. The van der Waals surface area contributed by atoms with E-state index in [9.17, 15) is 4.79 Å². The number of halogens is 3. The minimum atomic E-state index is -1.65. The van der Waals surface area contributed by atoms with Crippen molar-refractivity contribution in [3.05, 3.63) is 24.2 Å². The Morgan fingerprint density at radius 3 is 2.47 bits per heavy atom. The van der Waals surface area contributed by atoms with Crippen LogP contribution in [0.15, 0.2) is 22.8 Å². The number of rotatable bonds is 4. The maximum Gasteiger partial charge on any atom is 0.288 e. The molecule has 17 heavy (non-hydrogen) atoms. The van der Waals surface area contributed by atoms with Gasteiger partial charge in [0, 0.05) is 6.04 Å². The summed E-state index contributed by atoms with van der Waals surface area (Å²) in [7, 11) is 0. The zero-order valence-corrected chi connectivity index (χ0v) is 11.6. The van der Waals surface area contributed by atoms with E-state index < -0.39 is 15.9 Å². The number of hydrogen-bond donors (Lipinski definition) is 2. The highest BCUT2D eigenvalue weighted by Crippen LogP contribution is 2.29. The first-order valence-electron chi connectivity index (χ1n) is 4.98. The maximum atomic E-state index is 11.7. The highest BCUT2D eigenvalue weighted by molar-refractivity contribution is 6.68. The second-order valence-corrected chi connectivity index (χ2v) is 6.12. The van der Waals surface area contributed by atoms with E-state index >= 15 is 0 Å². The molecule has 1 aromatic heterocycles. The predicted octanol–water partition coefficient (Wildman–Crippen LogP) is 2.70. The van der Waals surface area contributed by atoms with Gasteiger partial charge in [0.15, 0.2) is 5.76 Å². The molecule has 0 saturated heterocycles. The number of carbonyl (C=O) groups excluding carboxylic acids is 1. The molecule has 1 heterocycles. The summed E-state index contributed by atoms with van der Waals surface area (Å²) >= 11 is 17.3. The second kappa shape index (κ2) is 5.96. The fourth-order valence-corrected chi connectivity index (χ4v) is 1.51. The van der Waals surface area contributed by atoms with Crippen molar-refractivity contribution < 1.29 is 9.21 Å². The second-order valence-electron chi connectivity index (χ2n) is 3.75. The lowest BCUT2D eigenvalue weighted by molar-refractivity contribution is 0.0899. The molecule has 0 aromatic carbocycles. The topological polar surface area (TPSA) is 54.3 Å². The van der Waals surface area contributed by atoms with Gasteiger partial charge in [-0.25, -0.2) is 0 Å². The Bertz CT molecular complexity index is 360. The van der Waals surface area contributed by atoms with E-state index in [0.717, 1.165) is 0 Å². The molecule has 0 fully saturated rings. The van der Waals surface area contributed by atoms with E-state index in [1.54, 1.807) is 6.07 Å². The summed E-state index contributed by atoms with van der Waals surface area (Å²) in [6, 6.07) is 3.18.